The third-order valence-electron chi connectivity index (χ3n) is 12.0. The number of benzene rings is 1. The van der Waals surface area contributed by atoms with Gasteiger partial charge in [0.2, 0.25) is 0 Å². The Bertz CT molecular complexity index is 752. The molecule has 46 heavy (non-hydrogen) atoms. The summed E-state index contributed by atoms with van der Waals surface area (Å²) in [4.78, 5) is 0. The predicted octanol–water partition coefficient (Wildman–Crippen LogP) is 16.4. The van der Waals surface area contributed by atoms with Gasteiger partial charge in [0.25, 0.3) is 0 Å². The molecule has 1 aromatic carbocycles. The molecule has 0 radical (unpaired) electrons. The quantitative estimate of drug-likeness (QED) is 0.0673. The second kappa shape index (κ2) is 29.2. The van der Waals surface area contributed by atoms with Crippen molar-refractivity contribution < 1.29 is 0 Å². The Morgan fingerprint density at radius 3 is 1.20 bits per heavy atom. The van der Waals surface area contributed by atoms with Crippen LogP contribution in [-0.2, 0) is 11.8 Å². The first-order valence-corrected chi connectivity index (χ1v) is 21.9. The van der Waals surface area contributed by atoms with Crippen LogP contribution in [0.3, 0.4) is 0 Å². The molecule has 268 valence electrons. The third-order valence-corrected chi connectivity index (χ3v) is 12.0. The van der Waals surface area contributed by atoms with E-state index in [-0.39, 0.29) is 0 Å². The van der Waals surface area contributed by atoms with Gasteiger partial charge in [0.1, 0.15) is 0 Å². The van der Waals surface area contributed by atoms with Gasteiger partial charge < -0.3 is 0 Å². The molecular weight excluding hydrogens is 553 g/mol. The topological polar surface area (TPSA) is 0 Å². The molecule has 0 spiro atoms. The molecule has 1 unspecified atom stereocenters. The zero-order chi connectivity index (χ0) is 32.8. The molecule has 0 bridgehead atoms. The standard InChI is InChI=1S/C46H84/c1-4-7-10-13-16-19-22-25-28-31-37-44-40-39-43-36-32-33-38-45(43)46(44,41-34-29-26-23-20-17-14-11-8-5-2)42-35-30-27-24-21-18-15-12-9-6-3/h32-33,36,38,44H,4-31,34-35,37,39-42H2,1-3H3. The van der Waals surface area contributed by atoms with Crippen LogP contribution in [0.2, 0.25) is 0 Å². The second-order valence-electron chi connectivity index (χ2n) is 15.9. The Balaban J connectivity index is 1.91. The smallest absolute Gasteiger partial charge is 0.00159 e. The van der Waals surface area contributed by atoms with Crippen molar-refractivity contribution in [1.29, 1.82) is 0 Å². The van der Waals surface area contributed by atoms with Gasteiger partial charge in [0, 0.05) is 0 Å². The molecule has 1 aromatic rings. The molecule has 1 aliphatic carbocycles. The lowest BCUT2D eigenvalue weighted by Gasteiger charge is -2.47. The van der Waals surface area contributed by atoms with E-state index in [1.807, 2.05) is 0 Å². The van der Waals surface area contributed by atoms with Gasteiger partial charge in [-0.05, 0) is 54.6 Å². The Morgan fingerprint density at radius 2 is 0.783 bits per heavy atom. The van der Waals surface area contributed by atoms with Crippen molar-refractivity contribution in [3.63, 3.8) is 0 Å². The average molecular weight is 637 g/mol. The van der Waals surface area contributed by atoms with Crippen LogP contribution in [0.15, 0.2) is 24.3 Å². The molecule has 0 saturated heterocycles. The largest absolute Gasteiger partial charge is 0.0654 e. The van der Waals surface area contributed by atoms with Gasteiger partial charge in [-0.15, -0.1) is 0 Å². The zero-order valence-electron chi connectivity index (χ0n) is 32.1. The first kappa shape index (κ1) is 41.4. The van der Waals surface area contributed by atoms with Crippen LogP contribution in [0, 0.1) is 5.92 Å². The SMILES string of the molecule is CCCCCCCCCCCCC1CCc2ccccc2C1(CCCCCCCCCCCC)CCCCCCCCCCCC. The summed E-state index contributed by atoms with van der Waals surface area (Å²) in [7, 11) is 0. The first-order chi connectivity index (χ1) is 22.8. The Hall–Kier alpha value is -0.780. The fourth-order valence-corrected chi connectivity index (χ4v) is 9.01. The highest BCUT2D eigenvalue weighted by Gasteiger charge is 2.42. The fourth-order valence-electron chi connectivity index (χ4n) is 9.01. The fraction of sp³-hybridized carbons (Fsp3) is 0.870. The maximum atomic E-state index is 2.59. The van der Waals surface area contributed by atoms with Crippen molar-refractivity contribution in [3.05, 3.63) is 35.4 Å². The van der Waals surface area contributed by atoms with Crippen molar-refractivity contribution >= 4 is 0 Å². The molecule has 0 saturated carbocycles. The molecule has 0 fully saturated rings. The summed E-state index contributed by atoms with van der Waals surface area (Å²) < 4.78 is 0. The number of aryl methyl sites for hydroxylation is 1. The van der Waals surface area contributed by atoms with Crippen molar-refractivity contribution in [2.24, 2.45) is 5.92 Å². The summed E-state index contributed by atoms with van der Waals surface area (Å²) in [5.41, 5.74) is 3.96. The molecule has 0 N–H and O–H groups in total. The molecule has 0 aliphatic heterocycles. The van der Waals surface area contributed by atoms with E-state index in [0.29, 0.717) is 5.41 Å². The Morgan fingerprint density at radius 1 is 0.435 bits per heavy atom. The second-order valence-corrected chi connectivity index (χ2v) is 15.9. The van der Waals surface area contributed by atoms with Gasteiger partial charge in [-0.25, -0.2) is 0 Å². The van der Waals surface area contributed by atoms with E-state index in [0.717, 1.165) is 5.92 Å². The zero-order valence-corrected chi connectivity index (χ0v) is 32.1. The van der Waals surface area contributed by atoms with Crippen molar-refractivity contribution in [1.82, 2.24) is 0 Å². The number of unbranched alkanes of at least 4 members (excludes halogenated alkanes) is 27. The molecular formula is C46H84. The minimum Gasteiger partial charge on any atom is -0.0654 e. The van der Waals surface area contributed by atoms with E-state index in [9.17, 15) is 0 Å². The van der Waals surface area contributed by atoms with Crippen LogP contribution >= 0.6 is 0 Å². The van der Waals surface area contributed by atoms with Crippen LogP contribution in [-0.4, -0.2) is 0 Å². The average Bonchev–Trinajstić information content (AvgIpc) is 3.08. The summed E-state index contributed by atoms with van der Waals surface area (Å²) in [6.45, 7) is 6.99. The monoisotopic (exact) mass is 637 g/mol. The molecule has 0 aromatic heterocycles. The van der Waals surface area contributed by atoms with Crippen molar-refractivity contribution in [2.75, 3.05) is 0 Å². The number of hydrogen-bond acceptors (Lipinski definition) is 0. The molecule has 1 atom stereocenters. The summed E-state index contributed by atoms with van der Waals surface area (Å²) in [5, 5.41) is 0. The molecule has 0 nitrogen and oxygen atoms in total. The maximum absolute atomic E-state index is 2.59. The molecule has 1 aliphatic rings. The van der Waals surface area contributed by atoms with Gasteiger partial charge >= 0.3 is 0 Å². The predicted molar refractivity (Wildman–Crippen MR) is 209 cm³/mol. The lowest BCUT2D eigenvalue weighted by atomic mass is 9.57. The molecule has 0 heteroatoms. The first-order valence-electron chi connectivity index (χ1n) is 21.9. The highest BCUT2D eigenvalue weighted by molar-refractivity contribution is 5.38. The molecule has 0 amide bonds. The maximum Gasteiger partial charge on any atom is -0.00159 e. The Labute approximate surface area is 291 Å². The highest BCUT2D eigenvalue weighted by atomic mass is 14.5. The van der Waals surface area contributed by atoms with E-state index >= 15 is 0 Å². The van der Waals surface area contributed by atoms with Gasteiger partial charge in [0.05, 0.1) is 0 Å². The number of rotatable bonds is 33. The molecule has 2 rings (SSSR count). The third kappa shape index (κ3) is 18.1. The highest BCUT2D eigenvalue weighted by Crippen LogP contribution is 2.50. The van der Waals surface area contributed by atoms with E-state index in [2.05, 4.69) is 45.0 Å². The van der Waals surface area contributed by atoms with Crippen molar-refractivity contribution in [3.8, 4) is 0 Å². The van der Waals surface area contributed by atoms with E-state index in [1.54, 1.807) is 11.1 Å². The summed E-state index contributed by atoms with van der Waals surface area (Å²) in [6.07, 6.45) is 50.8. The minimum absolute atomic E-state index is 0.453. The normalized spacial score (nSPS) is 15.8. The van der Waals surface area contributed by atoms with E-state index < -0.39 is 0 Å². The van der Waals surface area contributed by atoms with Gasteiger partial charge in [-0.2, -0.15) is 0 Å². The number of fused-ring (bicyclic) bond motifs is 1. The minimum atomic E-state index is 0.453. The summed E-state index contributed by atoms with van der Waals surface area (Å²) >= 11 is 0. The van der Waals surface area contributed by atoms with Gasteiger partial charge in [-0.3, -0.25) is 0 Å². The van der Waals surface area contributed by atoms with Crippen LogP contribution in [0.1, 0.15) is 250 Å². The van der Waals surface area contributed by atoms with Gasteiger partial charge in [-0.1, -0.05) is 238 Å². The van der Waals surface area contributed by atoms with Crippen molar-refractivity contribution in [2.45, 2.75) is 251 Å². The lowest BCUT2D eigenvalue weighted by molar-refractivity contribution is 0.174. The van der Waals surface area contributed by atoms with Gasteiger partial charge in [0.15, 0.2) is 0 Å². The van der Waals surface area contributed by atoms with Crippen LogP contribution in [0.25, 0.3) is 0 Å². The van der Waals surface area contributed by atoms with E-state index in [4.69, 9.17) is 0 Å². The van der Waals surface area contributed by atoms with Crippen LogP contribution < -0.4 is 0 Å². The number of hydrogen-bond donors (Lipinski definition) is 0. The lowest BCUT2D eigenvalue weighted by Crippen LogP contribution is -2.40. The van der Waals surface area contributed by atoms with Crippen LogP contribution in [0.5, 0.6) is 0 Å². The van der Waals surface area contributed by atoms with Crippen LogP contribution in [0.4, 0.5) is 0 Å². The van der Waals surface area contributed by atoms with E-state index in [1.165, 1.54) is 225 Å². The Kier molecular flexibility index (Phi) is 26.2. The molecule has 0 heterocycles. The summed E-state index contributed by atoms with van der Waals surface area (Å²) in [5.74, 6) is 0.911. The summed E-state index contributed by atoms with van der Waals surface area (Å²) in [6, 6.07) is 9.80.